The predicted molar refractivity (Wildman–Crippen MR) is 125 cm³/mol. The van der Waals surface area contributed by atoms with Gasteiger partial charge in [-0.2, -0.15) is 0 Å². The molecule has 1 atom stereocenters. The van der Waals surface area contributed by atoms with Crippen LogP contribution in [0.25, 0.3) is 6.08 Å². The van der Waals surface area contributed by atoms with Crippen LogP contribution in [-0.4, -0.2) is 20.8 Å². The van der Waals surface area contributed by atoms with Gasteiger partial charge in [0.05, 0.1) is 20.3 Å². The third-order valence-electron chi connectivity index (χ3n) is 5.70. The molecule has 3 aromatic carbocycles. The Bertz CT molecular complexity index is 1060. The summed E-state index contributed by atoms with van der Waals surface area (Å²) in [5.41, 5.74) is 6.04. The molecule has 4 nitrogen and oxygen atoms in total. The fraction of sp³-hybridized carbons (Fsp3) is 0.259. The van der Waals surface area contributed by atoms with Crippen LogP contribution in [0, 0.1) is 6.92 Å². The van der Waals surface area contributed by atoms with Crippen molar-refractivity contribution in [1.29, 1.82) is 0 Å². The summed E-state index contributed by atoms with van der Waals surface area (Å²) in [5, 5.41) is 3.61. The summed E-state index contributed by atoms with van der Waals surface area (Å²) in [5.74, 6) is 2.43. The first-order chi connectivity index (χ1) is 15.2. The number of hydrogen-bond donors (Lipinski definition) is 1. The lowest BCUT2D eigenvalue weighted by molar-refractivity contribution is 0.283. The zero-order valence-corrected chi connectivity index (χ0v) is 18.4. The molecule has 3 aromatic rings. The molecule has 1 N–H and O–H groups in total. The van der Waals surface area contributed by atoms with Crippen molar-refractivity contribution >= 4 is 6.08 Å². The third kappa shape index (κ3) is 4.92. The molecule has 31 heavy (non-hydrogen) atoms. The van der Waals surface area contributed by atoms with E-state index in [2.05, 4.69) is 60.8 Å². The highest BCUT2D eigenvalue weighted by Gasteiger charge is 2.21. The fourth-order valence-corrected chi connectivity index (χ4v) is 3.94. The molecule has 0 radical (unpaired) electrons. The monoisotopic (exact) mass is 415 g/mol. The molecule has 0 saturated heterocycles. The molecule has 160 valence electrons. The number of rotatable bonds is 7. The fourth-order valence-electron chi connectivity index (χ4n) is 3.94. The number of methoxy groups -OCH3 is 2. The largest absolute Gasteiger partial charge is 0.497 e. The van der Waals surface area contributed by atoms with Gasteiger partial charge in [0.25, 0.3) is 0 Å². The molecule has 0 bridgehead atoms. The summed E-state index contributed by atoms with van der Waals surface area (Å²) in [7, 11) is 3.39. The molecule has 1 heterocycles. The Balaban J connectivity index is 1.56. The highest BCUT2D eigenvalue weighted by molar-refractivity contribution is 5.58. The molecular formula is C27H29NO3. The van der Waals surface area contributed by atoms with Crippen LogP contribution in [0.5, 0.6) is 17.2 Å². The van der Waals surface area contributed by atoms with Crippen molar-refractivity contribution in [2.75, 3.05) is 20.8 Å². The van der Waals surface area contributed by atoms with Gasteiger partial charge in [0.2, 0.25) is 0 Å². The molecule has 0 amide bonds. The Hall–Kier alpha value is -3.24. The standard InChI is InChI=1S/C27H29NO3/c1-19-15-23(29-2)11-9-21(19)10-12-25-24-17-26(30-3)27(16-22(24)13-14-28-25)31-18-20-7-5-4-6-8-20/h4-12,15-17,25,28H,13-14,18H2,1-3H3. The number of hydrogen-bond acceptors (Lipinski definition) is 4. The van der Waals surface area contributed by atoms with E-state index in [0.29, 0.717) is 6.61 Å². The van der Waals surface area contributed by atoms with Crippen LogP contribution < -0.4 is 19.5 Å². The maximum Gasteiger partial charge on any atom is 0.161 e. The first-order valence-electron chi connectivity index (χ1n) is 10.6. The maximum atomic E-state index is 6.11. The second-order valence-electron chi connectivity index (χ2n) is 7.74. The summed E-state index contributed by atoms with van der Waals surface area (Å²) in [4.78, 5) is 0. The number of aryl methyl sites for hydroxylation is 1. The number of fused-ring (bicyclic) bond motifs is 1. The number of nitrogens with one attached hydrogen (secondary N) is 1. The first kappa shape index (κ1) is 21.0. The molecule has 1 aliphatic heterocycles. The van der Waals surface area contributed by atoms with E-state index < -0.39 is 0 Å². The number of benzene rings is 3. The minimum absolute atomic E-state index is 0.127. The lowest BCUT2D eigenvalue weighted by Crippen LogP contribution is -2.28. The normalized spacial score (nSPS) is 15.5. The maximum absolute atomic E-state index is 6.11. The zero-order chi connectivity index (χ0) is 21.6. The summed E-state index contributed by atoms with van der Waals surface area (Å²) < 4.78 is 17.1. The second kappa shape index (κ2) is 9.71. The highest BCUT2D eigenvalue weighted by Crippen LogP contribution is 2.36. The molecule has 0 fully saturated rings. The van der Waals surface area contributed by atoms with Crippen molar-refractivity contribution in [2.45, 2.75) is 26.0 Å². The smallest absolute Gasteiger partial charge is 0.161 e. The average molecular weight is 416 g/mol. The Morgan fingerprint density at radius 1 is 0.968 bits per heavy atom. The lowest BCUT2D eigenvalue weighted by atomic mass is 9.92. The molecular weight excluding hydrogens is 386 g/mol. The van der Waals surface area contributed by atoms with Crippen LogP contribution in [0.2, 0.25) is 0 Å². The van der Waals surface area contributed by atoms with Gasteiger partial charge in [0, 0.05) is 6.54 Å². The van der Waals surface area contributed by atoms with E-state index in [1.54, 1.807) is 14.2 Å². The van der Waals surface area contributed by atoms with Crippen molar-refractivity contribution in [2.24, 2.45) is 0 Å². The summed E-state index contributed by atoms with van der Waals surface area (Å²) in [6.45, 7) is 3.55. The molecule has 4 heteroatoms. The molecule has 0 aromatic heterocycles. The lowest BCUT2D eigenvalue weighted by Gasteiger charge is -2.26. The van der Waals surface area contributed by atoms with Crippen molar-refractivity contribution in [3.05, 3.63) is 94.6 Å². The van der Waals surface area contributed by atoms with Gasteiger partial charge in [0.1, 0.15) is 12.4 Å². The minimum atomic E-state index is 0.127. The van der Waals surface area contributed by atoms with Gasteiger partial charge >= 0.3 is 0 Å². The Morgan fingerprint density at radius 3 is 2.55 bits per heavy atom. The Morgan fingerprint density at radius 2 is 1.81 bits per heavy atom. The molecule has 0 spiro atoms. The zero-order valence-electron chi connectivity index (χ0n) is 18.4. The Labute approximate surface area is 184 Å². The molecule has 0 aliphatic carbocycles. The van der Waals surface area contributed by atoms with Gasteiger partial charge in [0.15, 0.2) is 11.5 Å². The van der Waals surface area contributed by atoms with E-state index in [1.807, 2.05) is 24.3 Å². The van der Waals surface area contributed by atoms with Gasteiger partial charge in [-0.3, -0.25) is 0 Å². The van der Waals surface area contributed by atoms with Crippen LogP contribution in [0.1, 0.15) is 33.9 Å². The summed E-state index contributed by atoms with van der Waals surface area (Å²) in [6.07, 6.45) is 5.36. The van der Waals surface area contributed by atoms with E-state index in [9.17, 15) is 0 Å². The van der Waals surface area contributed by atoms with Crippen molar-refractivity contribution in [3.8, 4) is 17.2 Å². The molecule has 4 rings (SSSR count). The number of ether oxygens (including phenoxy) is 3. The van der Waals surface area contributed by atoms with Crippen LogP contribution in [0.15, 0.2) is 66.7 Å². The van der Waals surface area contributed by atoms with Crippen molar-refractivity contribution < 1.29 is 14.2 Å². The Kier molecular flexibility index (Phi) is 6.58. The van der Waals surface area contributed by atoms with E-state index >= 15 is 0 Å². The SMILES string of the molecule is COc1ccc(C=CC2NCCc3cc(OCc4ccccc4)c(OC)cc32)c(C)c1. The third-order valence-corrected chi connectivity index (χ3v) is 5.70. The topological polar surface area (TPSA) is 39.7 Å². The highest BCUT2D eigenvalue weighted by atomic mass is 16.5. The van der Waals surface area contributed by atoms with E-state index in [-0.39, 0.29) is 6.04 Å². The van der Waals surface area contributed by atoms with Gasteiger partial charge < -0.3 is 19.5 Å². The van der Waals surface area contributed by atoms with Crippen LogP contribution in [-0.2, 0) is 13.0 Å². The first-order valence-corrected chi connectivity index (χ1v) is 10.6. The molecule has 1 unspecified atom stereocenters. The van der Waals surface area contributed by atoms with Gasteiger partial charge in [-0.1, -0.05) is 48.6 Å². The van der Waals surface area contributed by atoms with Crippen molar-refractivity contribution in [1.82, 2.24) is 5.32 Å². The van der Waals surface area contributed by atoms with Crippen LogP contribution >= 0.6 is 0 Å². The predicted octanol–water partition coefficient (Wildman–Crippen LogP) is 5.49. The van der Waals surface area contributed by atoms with E-state index in [0.717, 1.165) is 35.8 Å². The summed E-state index contributed by atoms with van der Waals surface area (Å²) in [6, 6.07) is 20.7. The second-order valence-corrected chi connectivity index (χ2v) is 7.74. The quantitative estimate of drug-likeness (QED) is 0.554. The van der Waals surface area contributed by atoms with Gasteiger partial charge in [-0.25, -0.2) is 0 Å². The van der Waals surface area contributed by atoms with Gasteiger partial charge in [-0.05, 0) is 65.4 Å². The molecule has 1 aliphatic rings. The van der Waals surface area contributed by atoms with Gasteiger partial charge in [-0.15, -0.1) is 0 Å². The minimum Gasteiger partial charge on any atom is -0.497 e. The van der Waals surface area contributed by atoms with E-state index in [4.69, 9.17) is 14.2 Å². The van der Waals surface area contributed by atoms with Crippen LogP contribution in [0.4, 0.5) is 0 Å². The van der Waals surface area contributed by atoms with Crippen molar-refractivity contribution in [3.63, 3.8) is 0 Å². The van der Waals surface area contributed by atoms with E-state index in [1.165, 1.54) is 22.3 Å². The van der Waals surface area contributed by atoms with Crippen LogP contribution in [0.3, 0.4) is 0 Å². The average Bonchev–Trinajstić information content (AvgIpc) is 2.81. The summed E-state index contributed by atoms with van der Waals surface area (Å²) >= 11 is 0. The molecule has 0 saturated carbocycles.